The lowest BCUT2D eigenvalue weighted by atomic mass is 10.0. The zero-order valence-electron chi connectivity index (χ0n) is 15.2. The number of nitrogens with one attached hydrogen (secondary N) is 1. The Labute approximate surface area is 151 Å². The fraction of sp³-hybridized carbons (Fsp3) is 0.650. The average molecular weight is 345 g/mol. The summed E-state index contributed by atoms with van der Waals surface area (Å²) in [6, 6.07) is 10.9. The van der Waals surface area contributed by atoms with Crippen LogP contribution in [-0.4, -0.2) is 68.2 Å². The second-order valence-electron chi connectivity index (χ2n) is 7.03. The van der Waals surface area contributed by atoms with Crippen molar-refractivity contribution < 1.29 is 9.53 Å². The Morgan fingerprint density at radius 1 is 1.04 bits per heavy atom. The van der Waals surface area contributed by atoms with E-state index >= 15 is 0 Å². The van der Waals surface area contributed by atoms with Gasteiger partial charge < -0.3 is 10.1 Å². The Morgan fingerprint density at radius 2 is 1.76 bits per heavy atom. The number of piperidine rings is 1. The van der Waals surface area contributed by atoms with E-state index in [2.05, 4.69) is 45.4 Å². The fourth-order valence-electron chi connectivity index (χ4n) is 3.75. The largest absolute Gasteiger partial charge is 0.379 e. The van der Waals surface area contributed by atoms with Crippen LogP contribution in [0.5, 0.6) is 0 Å². The van der Waals surface area contributed by atoms with E-state index in [1.807, 2.05) is 0 Å². The summed E-state index contributed by atoms with van der Waals surface area (Å²) >= 11 is 0. The molecule has 2 heterocycles. The summed E-state index contributed by atoms with van der Waals surface area (Å²) in [5, 5.41) is 3.18. The summed E-state index contributed by atoms with van der Waals surface area (Å²) in [6.07, 6.45) is 4.41. The highest BCUT2D eigenvalue weighted by molar-refractivity contribution is 5.76. The average Bonchev–Trinajstić information content (AvgIpc) is 2.69. The van der Waals surface area contributed by atoms with Crippen molar-refractivity contribution in [3.8, 4) is 0 Å². The van der Waals surface area contributed by atoms with Gasteiger partial charge >= 0.3 is 0 Å². The van der Waals surface area contributed by atoms with Crippen LogP contribution in [0.4, 0.5) is 0 Å². The Hall–Kier alpha value is -1.43. The fourth-order valence-corrected chi connectivity index (χ4v) is 3.75. The molecule has 0 bridgehead atoms. The molecule has 3 rings (SSSR count). The lowest BCUT2D eigenvalue weighted by molar-refractivity contribution is -0.122. The molecule has 1 aromatic carbocycles. The van der Waals surface area contributed by atoms with Crippen molar-refractivity contribution in [2.24, 2.45) is 0 Å². The Kier molecular flexibility index (Phi) is 7.27. The maximum atomic E-state index is 12.3. The number of hydrogen-bond donors (Lipinski definition) is 1. The van der Waals surface area contributed by atoms with E-state index in [-0.39, 0.29) is 11.9 Å². The minimum atomic E-state index is 0.157. The van der Waals surface area contributed by atoms with Gasteiger partial charge in [0.2, 0.25) is 5.91 Å². The number of ether oxygens (including phenoxy) is 1. The van der Waals surface area contributed by atoms with Crippen molar-refractivity contribution in [2.45, 2.75) is 31.7 Å². The van der Waals surface area contributed by atoms with E-state index in [0.717, 1.165) is 45.9 Å². The molecule has 2 saturated heterocycles. The van der Waals surface area contributed by atoms with E-state index in [0.29, 0.717) is 13.0 Å². The first-order valence-corrected chi connectivity index (χ1v) is 9.69. The first kappa shape index (κ1) is 18.4. The van der Waals surface area contributed by atoms with Gasteiger partial charge in [-0.15, -0.1) is 0 Å². The Morgan fingerprint density at radius 3 is 2.48 bits per heavy atom. The molecular formula is C20H31N3O2. The van der Waals surface area contributed by atoms with Crippen LogP contribution in [0.1, 0.15) is 37.3 Å². The zero-order valence-corrected chi connectivity index (χ0v) is 15.2. The Bertz CT molecular complexity index is 511. The van der Waals surface area contributed by atoms with Crippen molar-refractivity contribution in [2.75, 3.05) is 52.5 Å². The topological polar surface area (TPSA) is 44.8 Å². The van der Waals surface area contributed by atoms with Gasteiger partial charge in [0.25, 0.3) is 0 Å². The molecule has 0 unspecified atom stereocenters. The molecule has 5 nitrogen and oxygen atoms in total. The third-order valence-electron chi connectivity index (χ3n) is 5.27. The molecule has 1 N–H and O–H groups in total. The van der Waals surface area contributed by atoms with E-state index in [1.165, 1.54) is 24.8 Å². The van der Waals surface area contributed by atoms with Gasteiger partial charge in [0.15, 0.2) is 0 Å². The molecule has 138 valence electrons. The molecule has 1 atom stereocenters. The zero-order chi connectivity index (χ0) is 17.3. The number of morpholine rings is 1. The maximum absolute atomic E-state index is 12.3. The smallest absolute Gasteiger partial charge is 0.221 e. The minimum Gasteiger partial charge on any atom is -0.379 e. The highest BCUT2D eigenvalue weighted by Crippen LogP contribution is 2.24. The molecule has 2 aliphatic heterocycles. The van der Waals surface area contributed by atoms with Gasteiger partial charge in [-0.2, -0.15) is 0 Å². The highest BCUT2D eigenvalue weighted by Gasteiger charge is 2.22. The van der Waals surface area contributed by atoms with Gasteiger partial charge in [0.1, 0.15) is 0 Å². The van der Waals surface area contributed by atoms with E-state index < -0.39 is 0 Å². The van der Waals surface area contributed by atoms with Crippen LogP contribution in [0.3, 0.4) is 0 Å². The van der Waals surface area contributed by atoms with Gasteiger partial charge in [-0.25, -0.2) is 0 Å². The van der Waals surface area contributed by atoms with Gasteiger partial charge in [-0.1, -0.05) is 36.8 Å². The normalized spacial score (nSPS) is 21.0. The number of benzene rings is 1. The van der Waals surface area contributed by atoms with Crippen LogP contribution in [-0.2, 0) is 9.53 Å². The van der Waals surface area contributed by atoms with E-state index in [9.17, 15) is 4.79 Å². The van der Waals surface area contributed by atoms with Crippen LogP contribution in [0.25, 0.3) is 0 Å². The second kappa shape index (κ2) is 9.90. The molecule has 1 amide bonds. The summed E-state index contributed by atoms with van der Waals surface area (Å²) in [5.74, 6) is 0.157. The third kappa shape index (κ3) is 5.80. The van der Waals surface area contributed by atoms with Crippen molar-refractivity contribution in [3.05, 3.63) is 35.9 Å². The monoisotopic (exact) mass is 345 g/mol. The standard InChI is InChI=1S/C20H31N3O2/c24-20(9-12-22-13-15-25-16-14-22)21-17-19(18-7-3-1-4-8-18)23-10-5-2-6-11-23/h1,3-4,7-8,19H,2,5-6,9-17H2,(H,21,24)/t19-/m0/s1. The molecule has 2 aliphatic rings. The number of rotatable bonds is 7. The van der Waals surface area contributed by atoms with E-state index in [1.54, 1.807) is 0 Å². The van der Waals surface area contributed by atoms with Crippen molar-refractivity contribution in [3.63, 3.8) is 0 Å². The summed E-state index contributed by atoms with van der Waals surface area (Å²) in [5.41, 5.74) is 1.30. The molecule has 5 heteroatoms. The minimum absolute atomic E-state index is 0.157. The quantitative estimate of drug-likeness (QED) is 0.822. The molecule has 0 spiro atoms. The van der Waals surface area contributed by atoms with Gasteiger partial charge in [-0.05, 0) is 31.5 Å². The van der Waals surface area contributed by atoms with Crippen LogP contribution >= 0.6 is 0 Å². The number of carbonyl (C=O) groups is 1. The molecule has 0 aromatic heterocycles. The lowest BCUT2D eigenvalue weighted by Crippen LogP contribution is -2.42. The van der Waals surface area contributed by atoms with Crippen molar-refractivity contribution >= 4 is 5.91 Å². The van der Waals surface area contributed by atoms with Crippen LogP contribution < -0.4 is 5.32 Å². The van der Waals surface area contributed by atoms with Crippen LogP contribution in [0, 0.1) is 0 Å². The summed E-state index contributed by atoms with van der Waals surface area (Å²) in [7, 11) is 0. The predicted octanol–water partition coefficient (Wildman–Crippen LogP) is 2.05. The van der Waals surface area contributed by atoms with Crippen LogP contribution in [0.15, 0.2) is 30.3 Å². The number of amides is 1. The summed E-state index contributed by atoms with van der Waals surface area (Å²) in [4.78, 5) is 17.2. The molecule has 0 aliphatic carbocycles. The summed E-state index contributed by atoms with van der Waals surface area (Å²) in [6.45, 7) is 7.23. The van der Waals surface area contributed by atoms with Gasteiger partial charge in [-0.3, -0.25) is 14.6 Å². The SMILES string of the molecule is O=C(CCN1CCOCC1)NC[C@@H](c1ccccc1)N1CCCCC1. The number of hydrogen-bond acceptors (Lipinski definition) is 4. The van der Waals surface area contributed by atoms with Gasteiger partial charge in [0, 0.05) is 32.6 Å². The molecule has 1 aromatic rings. The molecular weight excluding hydrogens is 314 g/mol. The first-order valence-electron chi connectivity index (χ1n) is 9.69. The Balaban J connectivity index is 1.50. The van der Waals surface area contributed by atoms with E-state index in [4.69, 9.17) is 4.74 Å². The maximum Gasteiger partial charge on any atom is 0.221 e. The number of nitrogens with zero attached hydrogens (tertiary/aromatic N) is 2. The molecule has 0 saturated carbocycles. The molecule has 2 fully saturated rings. The number of likely N-dealkylation sites (tertiary alicyclic amines) is 1. The third-order valence-corrected chi connectivity index (χ3v) is 5.27. The highest BCUT2D eigenvalue weighted by atomic mass is 16.5. The van der Waals surface area contributed by atoms with Gasteiger partial charge in [0.05, 0.1) is 19.3 Å². The lowest BCUT2D eigenvalue weighted by Gasteiger charge is -2.35. The summed E-state index contributed by atoms with van der Waals surface area (Å²) < 4.78 is 5.35. The molecule has 0 radical (unpaired) electrons. The van der Waals surface area contributed by atoms with Crippen LogP contribution in [0.2, 0.25) is 0 Å². The molecule has 25 heavy (non-hydrogen) atoms. The second-order valence-corrected chi connectivity index (χ2v) is 7.03. The number of carbonyl (C=O) groups excluding carboxylic acids is 1. The van der Waals surface area contributed by atoms with Crippen molar-refractivity contribution in [1.29, 1.82) is 0 Å². The van der Waals surface area contributed by atoms with Crippen molar-refractivity contribution in [1.82, 2.24) is 15.1 Å². The predicted molar refractivity (Wildman–Crippen MR) is 99.5 cm³/mol. The first-order chi connectivity index (χ1) is 12.3.